The molecule has 0 amide bonds. The molecule has 28 heavy (non-hydrogen) atoms. The molecule has 0 heterocycles. The zero-order chi connectivity index (χ0) is 18.8. The summed E-state index contributed by atoms with van der Waals surface area (Å²) < 4.78 is 10.8. The summed E-state index contributed by atoms with van der Waals surface area (Å²) in [6.07, 6.45) is 8.08. The molecule has 2 aliphatic rings. The largest absolute Gasteiger partial charge is 0.464 e. The summed E-state index contributed by atoms with van der Waals surface area (Å²) >= 11 is 0. The zero-order valence-electron chi connectivity index (χ0n) is 17.2. The predicted octanol–water partition coefficient (Wildman–Crippen LogP) is 3.25. The maximum atomic E-state index is 11.8. The summed E-state index contributed by atoms with van der Waals surface area (Å²) in [6.45, 7) is 6.68. The number of hydrogen-bond donors (Lipinski definition) is 2. The Morgan fingerprint density at radius 2 is 1.14 bits per heavy atom. The van der Waals surface area contributed by atoms with Crippen LogP contribution in [0.1, 0.15) is 65.2 Å². The minimum atomic E-state index is -0.0334. The van der Waals surface area contributed by atoms with Gasteiger partial charge in [0.25, 0.3) is 0 Å². The van der Waals surface area contributed by atoms with Crippen molar-refractivity contribution in [3.63, 3.8) is 0 Å². The van der Waals surface area contributed by atoms with Crippen LogP contribution in [0.5, 0.6) is 0 Å². The van der Waals surface area contributed by atoms with Crippen molar-refractivity contribution in [1.82, 2.24) is 10.6 Å². The van der Waals surface area contributed by atoms with Gasteiger partial charge in [0, 0.05) is 25.2 Å². The van der Waals surface area contributed by atoms with Gasteiger partial charge in [-0.1, -0.05) is 26.7 Å². The van der Waals surface area contributed by atoms with Crippen LogP contribution in [0, 0.1) is 11.8 Å². The van der Waals surface area contributed by atoms with E-state index in [1.54, 1.807) is 0 Å². The molecule has 0 saturated heterocycles. The first-order valence-corrected chi connectivity index (χ1v) is 10.4. The normalized spacial score (nSPS) is 18.5. The number of hydrogen-bond acceptors (Lipinski definition) is 6. The van der Waals surface area contributed by atoms with E-state index in [0.717, 1.165) is 64.5 Å². The van der Waals surface area contributed by atoms with Gasteiger partial charge in [-0.05, 0) is 38.5 Å². The third-order valence-corrected chi connectivity index (χ3v) is 5.71. The fourth-order valence-corrected chi connectivity index (χ4v) is 3.08. The van der Waals surface area contributed by atoms with Gasteiger partial charge in [-0.3, -0.25) is 9.59 Å². The monoisotopic (exact) mass is 440 g/mol. The van der Waals surface area contributed by atoms with Crippen LogP contribution in [0.3, 0.4) is 0 Å². The number of esters is 2. The molecule has 0 spiro atoms. The van der Waals surface area contributed by atoms with E-state index < -0.39 is 0 Å². The van der Waals surface area contributed by atoms with Crippen molar-refractivity contribution < 1.29 is 19.1 Å². The van der Waals surface area contributed by atoms with E-state index in [9.17, 15) is 9.59 Å². The maximum Gasteiger partial charge on any atom is 0.308 e. The Kier molecular flexibility index (Phi) is 15.0. The van der Waals surface area contributed by atoms with E-state index >= 15 is 0 Å². The van der Waals surface area contributed by atoms with Crippen LogP contribution in [0.15, 0.2) is 0 Å². The first-order chi connectivity index (χ1) is 12.6. The zero-order valence-corrected chi connectivity index (χ0v) is 18.9. The highest BCUT2D eigenvalue weighted by atomic mass is 35.5. The smallest absolute Gasteiger partial charge is 0.308 e. The second-order valence-corrected chi connectivity index (χ2v) is 7.63. The lowest BCUT2D eigenvalue weighted by Crippen LogP contribution is -2.42. The average Bonchev–Trinajstić information content (AvgIpc) is 2.53. The summed E-state index contributed by atoms with van der Waals surface area (Å²) in [4.78, 5) is 23.6. The summed E-state index contributed by atoms with van der Waals surface area (Å²) in [7, 11) is 0. The molecule has 2 N–H and O–H groups in total. The fourth-order valence-electron chi connectivity index (χ4n) is 3.08. The maximum absolute atomic E-state index is 11.8. The minimum absolute atomic E-state index is 0. The highest BCUT2D eigenvalue weighted by Crippen LogP contribution is 2.28. The molecule has 0 aliphatic heterocycles. The molecule has 2 aliphatic carbocycles. The van der Waals surface area contributed by atoms with Gasteiger partial charge in [0.05, 0.1) is 11.8 Å². The number of carbonyl (C=O) groups is 2. The third-order valence-electron chi connectivity index (χ3n) is 5.71. The summed E-state index contributed by atoms with van der Waals surface area (Å²) in [5.74, 6) is 0.215. The first-order valence-electron chi connectivity index (χ1n) is 10.4. The molecule has 6 nitrogen and oxygen atoms in total. The molecule has 0 bridgehead atoms. The second-order valence-electron chi connectivity index (χ2n) is 7.63. The van der Waals surface area contributed by atoms with Crippen molar-refractivity contribution in [2.45, 2.75) is 77.3 Å². The lowest BCUT2D eigenvalue weighted by atomic mass is 9.86. The molecule has 2 saturated carbocycles. The van der Waals surface area contributed by atoms with Gasteiger partial charge >= 0.3 is 11.9 Å². The lowest BCUT2D eigenvalue weighted by molar-refractivity contribution is -0.153. The van der Waals surface area contributed by atoms with Crippen molar-refractivity contribution >= 4 is 36.8 Å². The van der Waals surface area contributed by atoms with Crippen molar-refractivity contribution in [2.75, 3.05) is 26.3 Å². The average molecular weight is 441 g/mol. The molecular weight excluding hydrogens is 403 g/mol. The molecule has 0 aromatic rings. The van der Waals surface area contributed by atoms with Crippen LogP contribution in [0.2, 0.25) is 0 Å². The Morgan fingerprint density at radius 1 is 0.786 bits per heavy atom. The van der Waals surface area contributed by atoms with E-state index in [0.29, 0.717) is 13.2 Å². The van der Waals surface area contributed by atoms with Crippen molar-refractivity contribution in [3.8, 4) is 0 Å². The molecule has 2 rings (SSSR count). The minimum Gasteiger partial charge on any atom is -0.464 e. The lowest BCUT2D eigenvalue weighted by Gasteiger charge is -2.25. The molecule has 2 atom stereocenters. The van der Waals surface area contributed by atoms with Crippen molar-refractivity contribution in [3.05, 3.63) is 0 Å². The number of rotatable bonds is 13. The van der Waals surface area contributed by atoms with Crippen molar-refractivity contribution in [2.24, 2.45) is 11.8 Å². The van der Waals surface area contributed by atoms with Gasteiger partial charge in [-0.2, -0.15) is 0 Å². The van der Waals surface area contributed by atoms with Crippen LogP contribution >= 0.6 is 24.8 Å². The Bertz CT molecular complexity index is 406. The standard InChI is InChI=1S/C20H36N2O4.2ClH/c1-3-17(13-25-19(23)15-7-5-8-15)21-11-12-22-18(4-2)14-26-20(24)16-9-6-10-16;;/h15-18,21-22H,3-14H2,1-2H3;2*1H/t17-,18-;;/m0../s1. The Labute approximate surface area is 182 Å². The highest BCUT2D eigenvalue weighted by molar-refractivity contribution is 5.85. The van der Waals surface area contributed by atoms with E-state index in [2.05, 4.69) is 24.5 Å². The van der Waals surface area contributed by atoms with Crippen LogP contribution in [0.4, 0.5) is 0 Å². The van der Waals surface area contributed by atoms with Crippen LogP contribution in [-0.2, 0) is 19.1 Å². The molecule has 2 fully saturated rings. The molecule has 0 aromatic heterocycles. The van der Waals surface area contributed by atoms with Crippen LogP contribution < -0.4 is 10.6 Å². The molecule has 0 radical (unpaired) electrons. The Hall–Kier alpha value is -0.560. The Balaban J connectivity index is 0.00000364. The molecule has 0 unspecified atom stereocenters. The van der Waals surface area contributed by atoms with E-state index in [4.69, 9.17) is 9.47 Å². The van der Waals surface area contributed by atoms with Gasteiger partial charge < -0.3 is 20.1 Å². The van der Waals surface area contributed by atoms with Gasteiger partial charge in [-0.15, -0.1) is 24.8 Å². The summed E-state index contributed by atoms with van der Waals surface area (Å²) in [6, 6.07) is 0.384. The number of carbonyl (C=O) groups excluding carboxylic acids is 2. The third kappa shape index (κ3) is 9.29. The molecule has 0 aromatic carbocycles. The first kappa shape index (κ1) is 27.4. The van der Waals surface area contributed by atoms with Crippen LogP contribution in [0.25, 0.3) is 0 Å². The van der Waals surface area contributed by atoms with E-state index in [1.807, 2.05) is 0 Å². The number of halogens is 2. The molecular formula is C20H38Cl2N2O4. The van der Waals surface area contributed by atoms with E-state index in [-0.39, 0.29) is 60.7 Å². The molecule has 8 heteroatoms. The summed E-state index contributed by atoms with van der Waals surface area (Å²) in [5, 5.41) is 6.87. The predicted molar refractivity (Wildman–Crippen MR) is 115 cm³/mol. The van der Waals surface area contributed by atoms with Gasteiger partial charge in [0.15, 0.2) is 0 Å². The summed E-state index contributed by atoms with van der Waals surface area (Å²) in [5.41, 5.74) is 0. The van der Waals surface area contributed by atoms with Crippen LogP contribution in [-0.4, -0.2) is 50.3 Å². The quantitative estimate of drug-likeness (QED) is 0.338. The van der Waals surface area contributed by atoms with Gasteiger partial charge in [0.2, 0.25) is 0 Å². The van der Waals surface area contributed by atoms with Gasteiger partial charge in [-0.25, -0.2) is 0 Å². The number of nitrogens with one attached hydrogen (secondary N) is 2. The fraction of sp³-hybridized carbons (Fsp3) is 0.900. The second kappa shape index (κ2) is 15.3. The highest BCUT2D eigenvalue weighted by Gasteiger charge is 2.28. The topological polar surface area (TPSA) is 76.7 Å². The Morgan fingerprint density at radius 3 is 1.39 bits per heavy atom. The van der Waals surface area contributed by atoms with Gasteiger partial charge in [0.1, 0.15) is 13.2 Å². The van der Waals surface area contributed by atoms with E-state index in [1.165, 1.54) is 0 Å². The number of ether oxygens (including phenoxy) is 2. The van der Waals surface area contributed by atoms with Crippen molar-refractivity contribution in [1.29, 1.82) is 0 Å². The SMILES string of the molecule is CC[C@@H](COC(=O)C1CCC1)NCCN[C@@H](CC)COC(=O)C1CCC1.Cl.Cl. The molecule has 166 valence electrons.